The van der Waals surface area contributed by atoms with Gasteiger partial charge in [-0.3, -0.25) is 4.79 Å². The number of hydrogen-bond donors (Lipinski definition) is 0. The zero-order chi connectivity index (χ0) is 23.3. The van der Waals surface area contributed by atoms with Crippen molar-refractivity contribution >= 4 is 39.0 Å². The molecule has 2 atom stereocenters. The molecule has 1 aromatic heterocycles. The maximum Gasteiger partial charge on any atom is 0.347 e. The number of esters is 1. The van der Waals surface area contributed by atoms with Crippen LogP contribution >= 0.6 is 15.9 Å². The molecule has 0 aliphatic rings. The van der Waals surface area contributed by atoms with Gasteiger partial charge in [-0.2, -0.15) is 9.78 Å². The fourth-order valence-corrected chi connectivity index (χ4v) is 3.41. The molecule has 3 aromatic rings. The zero-order valence-corrected chi connectivity index (χ0v) is 20.1. The number of fused-ring (bicyclic) bond motifs is 1. The standard InChI is InChI=1S/C24H26BrN3O4/c1-5-15(3)22-27-21-12-9-18(25)13-20(21)23(29)28(22)26-14-17-7-10-19(11-8-17)32-16(4)24(30)31-6-2/h7-16H,5-6H2,1-4H3/t15-,16-/m0/s1. The van der Waals surface area contributed by atoms with E-state index in [1.807, 2.05) is 26.0 Å². The fourth-order valence-electron chi connectivity index (χ4n) is 3.05. The van der Waals surface area contributed by atoms with E-state index in [0.717, 1.165) is 16.5 Å². The van der Waals surface area contributed by atoms with Crippen LogP contribution in [0.15, 0.2) is 56.8 Å². The maximum atomic E-state index is 13.2. The first-order valence-electron chi connectivity index (χ1n) is 10.5. The highest BCUT2D eigenvalue weighted by Gasteiger charge is 2.16. The van der Waals surface area contributed by atoms with Crippen molar-refractivity contribution in [3.8, 4) is 5.75 Å². The summed E-state index contributed by atoms with van der Waals surface area (Å²) in [5.74, 6) is 0.808. The van der Waals surface area contributed by atoms with Crippen molar-refractivity contribution in [1.29, 1.82) is 0 Å². The molecule has 168 valence electrons. The van der Waals surface area contributed by atoms with Crippen LogP contribution in [0.5, 0.6) is 5.75 Å². The lowest BCUT2D eigenvalue weighted by atomic mass is 10.1. The molecule has 0 spiro atoms. The molecule has 3 rings (SSSR count). The van der Waals surface area contributed by atoms with Crippen molar-refractivity contribution in [2.75, 3.05) is 6.61 Å². The van der Waals surface area contributed by atoms with Crippen LogP contribution in [0.2, 0.25) is 0 Å². The number of carbonyl (C=O) groups is 1. The minimum atomic E-state index is -0.700. The Bertz CT molecular complexity index is 1190. The van der Waals surface area contributed by atoms with Crippen LogP contribution in [0.1, 0.15) is 51.4 Å². The van der Waals surface area contributed by atoms with E-state index < -0.39 is 12.1 Å². The molecule has 2 aromatic carbocycles. The van der Waals surface area contributed by atoms with Gasteiger partial charge in [0.2, 0.25) is 0 Å². The second kappa shape index (κ2) is 10.5. The van der Waals surface area contributed by atoms with Crippen molar-refractivity contribution in [3.63, 3.8) is 0 Å². The molecule has 0 radical (unpaired) electrons. The van der Waals surface area contributed by atoms with Gasteiger partial charge >= 0.3 is 5.97 Å². The summed E-state index contributed by atoms with van der Waals surface area (Å²) in [5.41, 5.74) is 1.21. The Morgan fingerprint density at radius 3 is 2.56 bits per heavy atom. The van der Waals surface area contributed by atoms with Crippen molar-refractivity contribution in [2.24, 2.45) is 5.10 Å². The normalized spacial score (nSPS) is 13.3. The summed E-state index contributed by atoms with van der Waals surface area (Å²) in [6.45, 7) is 7.77. The predicted molar refractivity (Wildman–Crippen MR) is 129 cm³/mol. The summed E-state index contributed by atoms with van der Waals surface area (Å²) in [6, 6.07) is 12.5. The minimum absolute atomic E-state index is 0.0630. The van der Waals surface area contributed by atoms with Crippen molar-refractivity contribution < 1.29 is 14.3 Å². The molecule has 0 saturated heterocycles. The first-order valence-corrected chi connectivity index (χ1v) is 11.3. The molecule has 0 aliphatic heterocycles. The molecule has 0 N–H and O–H groups in total. The number of ether oxygens (including phenoxy) is 2. The van der Waals surface area contributed by atoms with Crippen LogP contribution in [0.4, 0.5) is 0 Å². The van der Waals surface area contributed by atoms with Gasteiger partial charge in [-0.05, 0) is 68.3 Å². The topological polar surface area (TPSA) is 82.8 Å². The molecular weight excluding hydrogens is 474 g/mol. The number of rotatable bonds is 8. The van der Waals surface area contributed by atoms with Crippen LogP contribution in [0.3, 0.4) is 0 Å². The van der Waals surface area contributed by atoms with E-state index in [4.69, 9.17) is 14.5 Å². The smallest absolute Gasteiger partial charge is 0.347 e. The lowest BCUT2D eigenvalue weighted by Gasteiger charge is -2.14. The molecule has 8 heteroatoms. The van der Waals surface area contributed by atoms with Crippen molar-refractivity contribution in [1.82, 2.24) is 9.66 Å². The van der Waals surface area contributed by atoms with Crippen LogP contribution in [0, 0.1) is 0 Å². The van der Waals surface area contributed by atoms with E-state index in [0.29, 0.717) is 29.1 Å². The van der Waals surface area contributed by atoms with Crippen LogP contribution in [0.25, 0.3) is 10.9 Å². The summed E-state index contributed by atoms with van der Waals surface area (Å²) >= 11 is 3.41. The van der Waals surface area contributed by atoms with Gasteiger partial charge < -0.3 is 9.47 Å². The first kappa shape index (κ1) is 23.7. The average Bonchev–Trinajstić information content (AvgIpc) is 2.79. The number of aromatic nitrogens is 2. The van der Waals surface area contributed by atoms with Crippen molar-refractivity contribution in [2.45, 2.75) is 46.1 Å². The van der Waals surface area contributed by atoms with E-state index in [9.17, 15) is 9.59 Å². The third-order valence-corrected chi connectivity index (χ3v) is 5.51. The van der Waals surface area contributed by atoms with Gasteiger partial charge in [0.1, 0.15) is 11.6 Å². The Balaban J connectivity index is 1.90. The molecule has 0 aliphatic carbocycles. The molecule has 0 saturated carbocycles. The van der Waals surface area contributed by atoms with E-state index >= 15 is 0 Å². The summed E-state index contributed by atoms with van der Waals surface area (Å²) in [5, 5.41) is 4.95. The second-order valence-corrected chi connectivity index (χ2v) is 8.30. The van der Waals surface area contributed by atoms with Gasteiger partial charge in [0.25, 0.3) is 5.56 Å². The lowest BCUT2D eigenvalue weighted by Crippen LogP contribution is -2.26. The monoisotopic (exact) mass is 499 g/mol. The molecule has 1 heterocycles. The molecule has 32 heavy (non-hydrogen) atoms. The van der Waals surface area contributed by atoms with Gasteiger partial charge in [0.15, 0.2) is 6.10 Å². The van der Waals surface area contributed by atoms with Crippen LogP contribution in [-0.2, 0) is 9.53 Å². The van der Waals surface area contributed by atoms with Gasteiger partial charge in [-0.15, -0.1) is 0 Å². The molecular formula is C24H26BrN3O4. The molecule has 0 amide bonds. The third-order valence-electron chi connectivity index (χ3n) is 5.02. The molecule has 0 fully saturated rings. The minimum Gasteiger partial charge on any atom is -0.479 e. The van der Waals surface area contributed by atoms with Gasteiger partial charge in [-0.25, -0.2) is 9.78 Å². The Morgan fingerprint density at radius 1 is 1.19 bits per heavy atom. The summed E-state index contributed by atoms with van der Waals surface area (Å²) < 4.78 is 12.7. The zero-order valence-electron chi connectivity index (χ0n) is 18.5. The van der Waals surface area contributed by atoms with Gasteiger partial charge in [0.05, 0.1) is 23.7 Å². The van der Waals surface area contributed by atoms with E-state index in [-0.39, 0.29) is 11.5 Å². The SMILES string of the molecule is CCOC(=O)[C@H](C)Oc1ccc(C=Nn2c([C@@H](C)CC)nc3ccc(Br)cc3c2=O)cc1. The van der Waals surface area contributed by atoms with Crippen LogP contribution < -0.4 is 10.3 Å². The average molecular weight is 500 g/mol. The third kappa shape index (κ3) is 5.43. The van der Waals surface area contributed by atoms with Gasteiger partial charge in [-0.1, -0.05) is 29.8 Å². The highest BCUT2D eigenvalue weighted by Crippen LogP contribution is 2.21. The Labute approximate surface area is 195 Å². The van der Waals surface area contributed by atoms with Gasteiger partial charge in [0, 0.05) is 10.4 Å². The highest BCUT2D eigenvalue weighted by molar-refractivity contribution is 9.10. The summed E-state index contributed by atoms with van der Waals surface area (Å²) in [7, 11) is 0. The van der Waals surface area contributed by atoms with E-state index in [2.05, 4.69) is 21.0 Å². The largest absolute Gasteiger partial charge is 0.479 e. The summed E-state index contributed by atoms with van der Waals surface area (Å²) in [6.07, 6.45) is 1.74. The number of nitrogens with zero attached hydrogens (tertiary/aromatic N) is 3. The quantitative estimate of drug-likeness (QED) is 0.325. The number of halogens is 1. The number of carbonyl (C=O) groups excluding carboxylic acids is 1. The Hall–Kier alpha value is -3.00. The van der Waals surface area contributed by atoms with E-state index in [1.165, 1.54) is 4.68 Å². The second-order valence-electron chi connectivity index (χ2n) is 7.38. The molecule has 0 unspecified atom stereocenters. The summed E-state index contributed by atoms with van der Waals surface area (Å²) in [4.78, 5) is 29.6. The van der Waals surface area contributed by atoms with Crippen LogP contribution in [-0.4, -0.2) is 34.6 Å². The Morgan fingerprint density at radius 2 is 1.91 bits per heavy atom. The molecule has 7 nitrogen and oxygen atoms in total. The highest BCUT2D eigenvalue weighted by atomic mass is 79.9. The molecule has 0 bridgehead atoms. The Kier molecular flexibility index (Phi) is 7.80. The maximum absolute atomic E-state index is 13.2. The first-order chi connectivity index (χ1) is 15.3. The van der Waals surface area contributed by atoms with Crippen molar-refractivity contribution in [3.05, 3.63) is 68.7 Å². The number of benzene rings is 2. The fraction of sp³-hybridized carbons (Fsp3) is 0.333. The predicted octanol–water partition coefficient (Wildman–Crippen LogP) is 4.89. The lowest BCUT2D eigenvalue weighted by molar-refractivity contribution is -0.150. The number of hydrogen-bond acceptors (Lipinski definition) is 6. The van der Waals surface area contributed by atoms with E-state index in [1.54, 1.807) is 50.4 Å².